The van der Waals surface area contributed by atoms with Crippen molar-refractivity contribution in [3.8, 4) is 17.0 Å². The average molecular weight is 612 g/mol. The van der Waals surface area contributed by atoms with E-state index >= 15 is 0 Å². The molecule has 6 rings (SSSR count). The van der Waals surface area contributed by atoms with E-state index in [0.717, 1.165) is 67.5 Å². The van der Waals surface area contributed by atoms with Gasteiger partial charge in [0.2, 0.25) is 0 Å². The molecular formula is C32H42FN5O4S. The van der Waals surface area contributed by atoms with E-state index in [-0.39, 0.29) is 24.0 Å². The Morgan fingerprint density at radius 1 is 1.00 bits per heavy atom. The zero-order valence-corrected chi connectivity index (χ0v) is 26.1. The van der Waals surface area contributed by atoms with Crippen LogP contribution in [0, 0.1) is 5.82 Å². The lowest BCUT2D eigenvalue weighted by atomic mass is 9.81. The van der Waals surface area contributed by atoms with E-state index in [0.29, 0.717) is 31.4 Å². The minimum Gasteiger partial charge on any atom is -0.491 e. The van der Waals surface area contributed by atoms with Gasteiger partial charge in [-0.2, -0.15) is 12.7 Å². The Kier molecular flexibility index (Phi) is 8.52. The van der Waals surface area contributed by atoms with Gasteiger partial charge in [0.15, 0.2) is 0 Å². The maximum atomic E-state index is 14.9. The zero-order valence-electron chi connectivity index (χ0n) is 25.3. The molecule has 1 fully saturated rings. The molecule has 1 aliphatic carbocycles. The van der Waals surface area contributed by atoms with Gasteiger partial charge in [0, 0.05) is 61.8 Å². The summed E-state index contributed by atoms with van der Waals surface area (Å²) in [5.41, 5.74) is 3.95. The minimum absolute atomic E-state index is 0.0129. The third kappa shape index (κ3) is 5.92. The topological polar surface area (TPSA) is 87.1 Å². The van der Waals surface area contributed by atoms with Crippen molar-refractivity contribution >= 4 is 27.0 Å². The average Bonchev–Trinajstić information content (AvgIpc) is 3.30. The molecule has 1 aromatic heterocycles. The third-order valence-corrected chi connectivity index (χ3v) is 11.0. The van der Waals surface area contributed by atoms with Gasteiger partial charge in [-0.15, -0.1) is 0 Å². The monoisotopic (exact) mass is 611 g/mol. The van der Waals surface area contributed by atoms with E-state index < -0.39 is 16.1 Å². The Balaban J connectivity index is 1.58. The van der Waals surface area contributed by atoms with E-state index in [4.69, 9.17) is 4.74 Å². The lowest BCUT2D eigenvalue weighted by molar-refractivity contribution is 0.0979. The number of nitrogens with zero attached hydrogens (tertiary/aromatic N) is 4. The SMILES string of the molecule is CCN1CCN(C)C2COc3ccc(F)cc3-c3c(C4CCCCC4)c4ccc(cc4n3C2)C(=O)NS(=O)(=O)N(C)CC1. The third-order valence-electron chi connectivity index (χ3n) is 9.60. The fourth-order valence-electron chi connectivity index (χ4n) is 6.90. The van der Waals surface area contributed by atoms with Gasteiger partial charge in [-0.1, -0.05) is 32.3 Å². The number of fused-ring (bicyclic) bond motifs is 4. The molecule has 43 heavy (non-hydrogen) atoms. The molecule has 0 spiro atoms. The summed E-state index contributed by atoms with van der Waals surface area (Å²) in [4.78, 5) is 17.9. The molecule has 3 heterocycles. The van der Waals surface area contributed by atoms with Crippen LogP contribution in [0.2, 0.25) is 0 Å². The number of aromatic nitrogens is 1. The van der Waals surface area contributed by atoms with E-state index in [1.807, 2.05) is 6.07 Å². The quantitative estimate of drug-likeness (QED) is 0.462. The van der Waals surface area contributed by atoms with Crippen LogP contribution in [-0.2, 0) is 16.8 Å². The number of carbonyl (C=O) groups is 1. The van der Waals surface area contributed by atoms with Gasteiger partial charge < -0.3 is 14.2 Å². The predicted octanol–water partition coefficient (Wildman–Crippen LogP) is 4.43. The maximum absolute atomic E-state index is 14.9. The summed E-state index contributed by atoms with van der Waals surface area (Å²) in [6.45, 7) is 6.17. The maximum Gasteiger partial charge on any atom is 0.303 e. The van der Waals surface area contributed by atoms with E-state index in [2.05, 4.69) is 33.1 Å². The molecular weight excluding hydrogens is 569 g/mol. The number of benzene rings is 2. The fourth-order valence-corrected chi connectivity index (χ4v) is 7.73. The standard InChI is InChI=1S/C32H42FN5O4S/c1-4-37-16-14-35(2)25-20-38-28-18-23(32(39)34-43(40,41)36(3)15-17-37)10-12-26(28)30(22-8-6-5-7-9-22)31(38)27-19-24(33)11-13-29(27)42-21-25/h10-13,18-19,22,25H,4-9,14-17,20-21H2,1-3H3,(H,34,39). The van der Waals surface area contributed by atoms with E-state index in [9.17, 15) is 17.6 Å². The molecule has 3 aromatic rings. The van der Waals surface area contributed by atoms with Crippen molar-refractivity contribution < 1.29 is 22.3 Å². The number of hydrogen-bond donors (Lipinski definition) is 1. The number of likely N-dealkylation sites (N-methyl/N-ethyl adjacent to an activating group) is 3. The van der Waals surface area contributed by atoms with Crippen molar-refractivity contribution in [3.63, 3.8) is 0 Å². The molecule has 0 saturated heterocycles. The van der Waals surface area contributed by atoms with Crippen molar-refractivity contribution in [2.45, 2.75) is 57.5 Å². The molecule has 1 saturated carbocycles. The highest BCUT2D eigenvalue weighted by atomic mass is 32.2. The first-order chi connectivity index (χ1) is 20.7. The normalized spacial score (nSPS) is 23.1. The molecule has 0 radical (unpaired) electrons. The first-order valence-corrected chi connectivity index (χ1v) is 16.9. The van der Waals surface area contributed by atoms with Crippen molar-refractivity contribution in [3.05, 3.63) is 53.3 Å². The highest BCUT2D eigenvalue weighted by molar-refractivity contribution is 7.87. The molecule has 1 unspecified atom stereocenters. The Morgan fingerprint density at radius 3 is 2.53 bits per heavy atom. The fraction of sp³-hybridized carbons (Fsp3) is 0.531. The zero-order chi connectivity index (χ0) is 30.3. The van der Waals surface area contributed by atoms with Crippen LogP contribution < -0.4 is 9.46 Å². The van der Waals surface area contributed by atoms with Gasteiger partial charge in [0.25, 0.3) is 5.91 Å². The second-order valence-corrected chi connectivity index (χ2v) is 14.0. The van der Waals surface area contributed by atoms with Gasteiger partial charge in [0.05, 0.1) is 11.7 Å². The summed E-state index contributed by atoms with van der Waals surface area (Å²) in [5.74, 6) is -0.0544. The number of rotatable bonds is 2. The summed E-state index contributed by atoms with van der Waals surface area (Å²) >= 11 is 0. The van der Waals surface area contributed by atoms with Crippen molar-refractivity contribution in [1.82, 2.24) is 23.4 Å². The number of nitrogens with one attached hydrogen (secondary N) is 1. The van der Waals surface area contributed by atoms with Crippen LogP contribution in [0.1, 0.15) is 60.9 Å². The van der Waals surface area contributed by atoms with Gasteiger partial charge in [-0.3, -0.25) is 9.69 Å². The Morgan fingerprint density at radius 2 is 1.77 bits per heavy atom. The van der Waals surface area contributed by atoms with Gasteiger partial charge in [-0.25, -0.2) is 9.11 Å². The van der Waals surface area contributed by atoms with E-state index in [1.54, 1.807) is 24.3 Å². The van der Waals surface area contributed by atoms with Crippen LogP contribution in [0.5, 0.6) is 5.75 Å². The lowest BCUT2D eigenvalue weighted by Gasteiger charge is -2.34. The van der Waals surface area contributed by atoms with Crippen LogP contribution in [0.25, 0.3) is 22.2 Å². The van der Waals surface area contributed by atoms with Crippen LogP contribution in [0.3, 0.4) is 0 Å². The second kappa shape index (κ2) is 12.2. The molecule has 4 bridgehead atoms. The molecule has 1 N–H and O–H groups in total. The summed E-state index contributed by atoms with van der Waals surface area (Å²) in [5, 5.41) is 1.02. The number of carbonyl (C=O) groups excluding carboxylic acids is 1. The molecule has 9 nitrogen and oxygen atoms in total. The number of halogens is 1. The van der Waals surface area contributed by atoms with Gasteiger partial charge in [-0.05, 0) is 68.2 Å². The van der Waals surface area contributed by atoms with Gasteiger partial charge >= 0.3 is 10.2 Å². The molecule has 232 valence electrons. The van der Waals surface area contributed by atoms with Crippen LogP contribution in [0.4, 0.5) is 4.39 Å². The van der Waals surface area contributed by atoms with Crippen molar-refractivity contribution in [2.75, 3.05) is 53.4 Å². The second-order valence-electron chi connectivity index (χ2n) is 12.2. The minimum atomic E-state index is -4.03. The predicted molar refractivity (Wildman–Crippen MR) is 166 cm³/mol. The smallest absolute Gasteiger partial charge is 0.303 e. The van der Waals surface area contributed by atoms with Crippen molar-refractivity contribution in [2.24, 2.45) is 0 Å². The van der Waals surface area contributed by atoms with Crippen LogP contribution >= 0.6 is 0 Å². The Bertz CT molecular complexity index is 1620. The molecule has 11 heteroatoms. The first-order valence-electron chi connectivity index (χ1n) is 15.5. The highest BCUT2D eigenvalue weighted by Crippen LogP contribution is 2.47. The lowest BCUT2D eigenvalue weighted by Crippen LogP contribution is -2.47. The molecule has 2 aliphatic heterocycles. The Labute approximate surface area is 253 Å². The largest absolute Gasteiger partial charge is 0.491 e. The molecule has 2 aromatic carbocycles. The van der Waals surface area contributed by atoms with Crippen molar-refractivity contribution in [1.29, 1.82) is 0 Å². The summed E-state index contributed by atoms with van der Waals surface area (Å²) < 4.78 is 53.2. The number of hydrogen-bond acceptors (Lipinski definition) is 6. The number of ether oxygens (including phenoxy) is 1. The summed E-state index contributed by atoms with van der Waals surface area (Å²) in [7, 11) is -0.444. The Hall–Kier alpha value is -2.99. The molecule has 1 amide bonds. The number of amides is 1. The van der Waals surface area contributed by atoms with E-state index in [1.165, 1.54) is 29.4 Å². The first kappa shape index (κ1) is 30.1. The van der Waals surface area contributed by atoms with Crippen LogP contribution in [0.15, 0.2) is 36.4 Å². The summed E-state index contributed by atoms with van der Waals surface area (Å²) in [6.07, 6.45) is 5.55. The van der Waals surface area contributed by atoms with Crippen LogP contribution in [-0.4, -0.2) is 92.5 Å². The van der Waals surface area contributed by atoms with Gasteiger partial charge in [0.1, 0.15) is 18.2 Å². The highest BCUT2D eigenvalue weighted by Gasteiger charge is 2.32. The summed E-state index contributed by atoms with van der Waals surface area (Å²) in [6, 6.07) is 10.2. The molecule has 3 aliphatic rings. The molecule has 1 atom stereocenters.